The largest absolute Gasteiger partial charge is 0.408 e. The van der Waals surface area contributed by atoms with Gasteiger partial charge in [0.05, 0.1) is 13.2 Å². The van der Waals surface area contributed by atoms with Crippen molar-refractivity contribution in [2.75, 3.05) is 0 Å². The molecule has 2 rings (SSSR count). The summed E-state index contributed by atoms with van der Waals surface area (Å²) in [5.74, 6) is 0.462. The zero-order valence-electron chi connectivity index (χ0n) is 18.8. The number of rotatable bonds is 9. The van der Waals surface area contributed by atoms with Crippen molar-refractivity contribution < 1.29 is 4.43 Å². The third-order valence-electron chi connectivity index (χ3n) is 6.59. The molecule has 0 saturated heterocycles. The van der Waals surface area contributed by atoms with Crippen molar-refractivity contribution in [3.63, 3.8) is 0 Å². The summed E-state index contributed by atoms with van der Waals surface area (Å²) in [7, 11) is -5.66. The van der Waals surface area contributed by atoms with Gasteiger partial charge in [-0.1, -0.05) is 113 Å². The Labute approximate surface area is 175 Å². The number of benzene rings is 2. The molecule has 4 heteroatoms. The molecular weight excluding hydrogens is 389 g/mol. The normalized spacial score (nSPS) is 14.1. The summed E-state index contributed by atoms with van der Waals surface area (Å²) >= 11 is 0. The molecule has 152 valence electrons. The van der Waals surface area contributed by atoms with Gasteiger partial charge in [0.1, 0.15) is 0 Å². The average Bonchev–Trinajstić information content (AvgIpc) is 2.65. The molecule has 0 aliphatic carbocycles. The molecule has 0 bridgehead atoms. The first kappa shape index (κ1) is 23.1. The second kappa shape index (κ2) is 9.08. The molecule has 1 unspecified atom stereocenters. The van der Waals surface area contributed by atoms with Gasteiger partial charge in [-0.3, -0.25) is 0 Å². The molecule has 0 heterocycles. The Morgan fingerprint density at radius 1 is 0.821 bits per heavy atom. The smallest absolute Gasteiger partial charge is 0.238 e. The van der Waals surface area contributed by atoms with E-state index in [0.717, 1.165) is 6.42 Å². The van der Waals surface area contributed by atoms with E-state index in [-0.39, 0.29) is 6.10 Å². The molecule has 0 spiro atoms. The Bertz CT molecular complexity index is 709. The lowest BCUT2D eigenvalue weighted by molar-refractivity contribution is 0.155. The van der Waals surface area contributed by atoms with Crippen molar-refractivity contribution in [3.8, 4) is 0 Å². The third-order valence-corrected chi connectivity index (χ3v) is 43.6. The van der Waals surface area contributed by atoms with Crippen LogP contribution in [0.25, 0.3) is 0 Å². The van der Waals surface area contributed by atoms with Crippen molar-refractivity contribution in [2.45, 2.75) is 59.1 Å². The molecule has 0 aromatic heterocycles. The van der Waals surface area contributed by atoms with Crippen molar-refractivity contribution in [2.24, 2.45) is 5.92 Å². The summed E-state index contributed by atoms with van der Waals surface area (Å²) in [5.41, 5.74) is 0. The van der Waals surface area contributed by atoms with E-state index >= 15 is 0 Å². The molecule has 0 aliphatic rings. The van der Waals surface area contributed by atoms with E-state index in [9.17, 15) is 0 Å². The fourth-order valence-corrected chi connectivity index (χ4v) is 31.9. The van der Waals surface area contributed by atoms with Gasteiger partial charge in [0.25, 0.3) is 0 Å². The van der Waals surface area contributed by atoms with E-state index in [4.69, 9.17) is 4.43 Å². The lowest BCUT2D eigenvalue weighted by Gasteiger charge is -2.51. The Kier molecular flexibility index (Phi) is 7.48. The van der Waals surface area contributed by atoms with Crippen molar-refractivity contribution >= 4 is 32.9 Å². The monoisotopic (exact) mass is 426 g/mol. The molecule has 0 aliphatic heterocycles. The molecule has 0 radical (unpaired) electrons. The van der Waals surface area contributed by atoms with Crippen molar-refractivity contribution in [1.82, 2.24) is 0 Å². The van der Waals surface area contributed by atoms with Crippen molar-refractivity contribution in [1.29, 1.82) is 0 Å². The Morgan fingerprint density at radius 3 is 1.57 bits per heavy atom. The molecule has 1 nitrogen and oxygen atoms in total. The molecule has 0 fully saturated rings. The van der Waals surface area contributed by atoms with Gasteiger partial charge in [-0.2, -0.15) is 0 Å². The van der Waals surface area contributed by atoms with E-state index in [1.807, 2.05) is 6.08 Å². The number of hydrogen-bond acceptors (Lipinski definition) is 1. The van der Waals surface area contributed by atoms with Crippen LogP contribution >= 0.6 is 0 Å². The summed E-state index contributed by atoms with van der Waals surface area (Å²) < 4.78 is 7.47. The molecule has 28 heavy (non-hydrogen) atoms. The minimum atomic E-state index is -2.42. The predicted molar refractivity (Wildman–Crippen MR) is 133 cm³/mol. The van der Waals surface area contributed by atoms with E-state index in [0.29, 0.717) is 5.92 Å². The molecule has 0 amide bonds. The molecule has 0 saturated carbocycles. The highest BCUT2D eigenvalue weighted by atomic mass is 29.6. The van der Waals surface area contributed by atoms with Crippen LogP contribution in [-0.4, -0.2) is 28.6 Å². The fraction of sp³-hybridized carbons (Fsp3) is 0.417. The van der Waals surface area contributed by atoms with E-state index in [1.165, 1.54) is 10.4 Å². The highest BCUT2D eigenvalue weighted by molar-refractivity contribution is 7.72. The fourth-order valence-electron chi connectivity index (χ4n) is 3.89. The van der Waals surface area contributed by atoms with E-state index in [1.54, 1.807) is 0 Å². The molecule has 1 atom stereocenters. The van der Waals surface area contributed by atoms with Gasteiger partial charge in [-0.15, -0.1) is 6.58 Å². The molecule has 2 aromatic carbocycles. The topological polar surface area (TPSA) is 9.23 Å². The molecular formula is C24H38OSi3. The maximum atomic E-state index is 7.47. The summed E-state index contributed by atoms with van der Waals surface area (Å²) in [6.45, 7) is 21.5. The quantitative estimate of drug-likeness (QED) is 0.376. The maximum Gasteiger partial charge on any atom is 0.238 e. The van der Waals surface area contributed by atoms with Crippen molar-refractivity contribution in [3.05, 3.63) is 73.3 Å². The van der Waals surface area contributed by atoms with Crippen LogP contribution in [0.2, 0.25) is 32.7 Å². The van der Waals surface area contributed by atoms with E-state index < -0.39 is 22.5 Å². The molecule has 2 aromatic rings. The van der Waals surface area contributed by atoms with Crippen LogP contribution in [0.4, 0.5) is 0 Å². The van der Waals surface area contributed by atoms with Gasteiger partial charge in [0, 0.05) is 7.59 Å². The second-order valence-electron chi connectivity index (χ2n) is 9.71. The Morgan fingerprint density at radius 2 is 1.25 bits per heavy atom. The molecule has 0 N–H and O–H groups in total. The average molecular weight is 427 g/mol. The Balaban J connectivity index is 2.86. The van der Waals surface area contributed by atoms with Gasteiger partial charge in [0.2, 0.25) is 7.83 Å². The standard InChI is InChI=1S/C24H38OSi3/c1-9-16-24(21(2)3)25-28(22-17-12-10-13-18-22,23-19-14-11-15-20-23)27(7,8)26(4,5)6/h9-15,17-21,24H,1,16H2,2-8H3. The van der Waals surface area contributed by atoms with Crippen LogP contribution in [0, 0.1) is 5.92 Å². The van der Waals surface area contributed by atoms with Crippen LogP contribution in [0.3, 0.4) is 0 Å². The summed E-state index contributed by atoms with van der Waals surface area (Å²) in [5, 5.41) is 2.88. The van der Waals surface area contributed by atoms with Crippen LogP contribution in [-0.2, 0) is 4.43 Å². The van der Waals surface area contributed by atoms with Gasteiger partial charge < -0.3 is 4.43 Å². The van der Waals surface area contributed by atoms with Gasteiger partial charge in [-0.25, -0.2) is 0 Å². The Hall–Kier alpha value is -1.21. The minimum absolute atomic E-state index is 0.202. The highest BCUT2D eigenvalue weighted by Gasteiger charge is 2.60. The lowest BCUT2D eigenvalue weighted by Crippen LogP contribution is -2.83. The summed E-state index contributed by atoms with van der Waals surface area (Å²) in [6, 6.07) is 22.3. The van der Waals surface area contributed by atoms with Crippen LogP contribution < -0.4 is 10.4 Å². The summed E-state index contributed by atoms with van der Waals surface area (Å²) in [4.78, 5) is 0. The van der Waals surface area contributed by atoms with Crippen LogP contribution in [0.1, 0.15) is 20.3 Å². The van der Waals surface area contributed by atoms with Gasteiger partial charge in [-0.05, 0) is 22.7 Å². The minimum Gasteiger partial charge on any atom is -0.408 e. The second-order valence-corrected chi connectivity index (χ2v) is 35.8. The first-order valence-electron chi connectivity index (χ1n) is 10.5. The lowest BCUT2D eigenvalue weighted by atomic mass is 10.1. The van der Waals surface area contributed by atoms with Crippen LogP contribution in [0.5, 0.6) is 0 Å². The zero-order chi connectivity index (χ0) is 21.0. The first-order chi connectivity index (χ1) is 13.1. The first-order valence-corrected chi connectivity index (χ1v) is 20.9. The maximum absolute atomic E-state index is 7.47. The number of hydrogen-bond donors (Lipinski definition) is 0. The summed E-state index contributed by atoms with van der Waals surface area (Å²) in [6.07, 6.45) is 3.14. The van der Waals surface area contributed by atoms with Crippen LogP contribution in [0.15, 0.2) is 73.3 Å². The zero-order valence-corrected chi connectivity index (χ0v) is 21.8. The van der Waals surface area contributed by atoms with Gasteiger partial charge in [0.15, 0.2) is 0 Å². The van der Waals surface area contributed by atoms with E-state index in [2.05, 4.69) is 114 Å². The van der Waals surface area contributed by atoms with Gasteiger partial charge >= 0.3 is 0 Å². The SMILES string of the molecule is C=CCC(O[Si](c1ccccc1)(c1ccccc1)[Si](C)(C)[Si](C)(C)C)C(C)C. The highest BCUT2D eigenvalue weighted by Crippen LogP contribution is 2.32. The predicted octanol–water partition coefficient (Wildman–Crippen LogP) is 5.57. The third kappa shape index (κ3) is 4.35.